The zero-order valence-electron chi connectivity index (χ0n) is 5.77. The van der Waals surface area contributed by atoms with Crippen LogP contribution in [0.15, 0.2) is 11.1 Å². The largest absolute Gasteiger partial charge is 0.376 e. The maximum Gasteiger partial charge on any atom is 0.376 e. The van der Waals surface area contributed by atoms with Gasteiger partial charge < -0.3 is 10.4 Å². The number of rotatable bonds is 2. The van der Waals surface area contributed by atoms with E-state index in [1.807, 2.05) is 5.43 Å². The van der Waals surface area contributed by atoms with Crippen LogP contribution >= 0.6 is 0 Å². The second-order valence-electron chi connectivity index (χ2n) is 1.83. The van der Waals surface area contributed by atoms with Crippen molar-refractivity contribution in [2.45, 2.75) is 0 Å². The minimum atomic E-state index is -0.860. The van der Waals surface area contributed by atoms with Crippen molar-refractivity contribution < 1.29 is 4.92 Å². The molecule has 0 amide bonds. The molecule has 0 saturated heterocycles. The van der Waals surface area contributed by atoms with E-state index in [0.29, 0.717) is 0 Å². The van der Waals surface area contributed by atoms with E-state index in [2.05, 4.69) is 9.97 Å². The Hall–Kier alpha value is -1.96. The summed E-state index contributed by atoms with van der Waals surface area (Å²) in [5.74, 6) is 4.63. The second kappa shape index (κ2) is 2.96. The molecule has 4 N–H and O–H groups in total. The summed E-state index contributed by atoms with van der Waals surface area (Å²) in [5, 5.41) is 10.3. The van der Waals surface area contributed by atoms with Crippen LogP contribution < -0.4 is 16.8 Å². The molecule has 0 aliphatic heterocycles. The van der Waals surface area contributed by atoms with Gasteiger partial charge in [-0.3, -0.25) is 14.9 Å². The molecule has 1 rings (SSSR count). The van der Waals surface area contributed by atoms with E-state index < -0.39 is 16.2 Å². The molecule has 8 nitrogen and oxygen atoms in total. The highest BCUT2D eigenvalue weighted by molar-refractivity contribution is 5.52. The SMILES string of the molecule is NNc1nc[nH]c(=O)c1[N+](=O)[O-]. The van der Waals surface area contributed by atoms with Crippen molar-refractivity contribution in [3.05, 3.63) is 26.8 Å². The first kappa shape index (κ1) is 8.14. The number of nitrogens with two attached hydrogens (primary N) is 1. The Balaban J connectivity index is 3.40. The monoisotopic (exact) mass is 171 g/mol. The van der Waals surface area contributed by atoms with Crippen LogP contribution in [0.1, 0.15) is 0 Å². The van der Waals surface area contributed by atoms with Crippen LogP contribution in [0, 0.1) is 10.1 Å². The van der Waals surface area contributed by atoms with Gasteiger partial charge in [-0.15, -0.1) is 0 Å². The maximum absolute atomic E-state index is 10.8. The molecular formula is C4H5N5O3. The smallest absolute Gasteiger partial charge is 0.307 e. The number of nitrogens with zero attached hydrogens (tertiary/aromatic N) is 2. The van der Waals surface area contributed by atoms with Crippen LogP contribution in [0.25, 0.3) is 0 Å². The average molecular weight is 171 g/mol. The third-order valence-corrected chi connectivity index (χ3v) is 1.15. The Labute approximate surface area is 65.5 Å². The number of nitrogen functional groups attached to an aromatic ring is 1. The van der Waals surface area contributed by atoms with Crippen molar-refractivity contribution >= 4 is 11.5 Å². The van der Waals surface area contributed by atoms with Crippen molar-refractivity contribution in [2.24, 2.45) is 5.84 Å². The lowest BCUT2D eigenvalue weighted by Crippen LogP contribution is -2.18. The number of nitrogens with one attached hydrogen (secondary N) is 2. The highest BCUT2D eigenvalue weighted by atomic mass is 16.6. The first-order valence-corrected chi connectivity index (χ1v) is 2.85. The minimum absolute atomic E-state index is 0.260. The molecule has 0 radical (unpaired) electrons. The molecule has 0 aliphatic carbocycles. The summed E-state index contributed by atoms with van der Waals surface area (Å²) < 4.78 is 0. The van der Waals surface area contributed by atoms with Gasteiger partial charge in [-0.2, -0.15) is 0 Å². The van der Waals surface area contributed by atoms with Gasteiger partial charge in [0.25, 0.3) is 0 Å². The lowest BCUT2D eigenvalue weighted by molar-refractivity contribution is -0.385. The Kier molecular flexibility index (Phi) is 2.01. The molecule has 1 aromatic rings. The van der Waals surface area contributed by atoms with Gasteiger partial charge in [-0.25, -0.2) is 10.8 Å². The maximum atomic E-state index is 10.8. The zero-order chi connectivity index (χ0) is 9.14. The number of aromatic nitrogens is 2. The molecule has 0 bridgehead atoms. The van der Waals surface area contributed by atoms with Gasteiger partial charge in [0.05, 0.1) is 11.3 Å². The van der Waals surface area contributed by atoms with Gasteiger partial charge in [0.1, 0.15) is 0 Å². The van der Waals surface area contributed by atoms with Gasteiger partial charge in [-0.1, -0.05) is 0 Å². The highest BCUT2D eigenvalue weighted by Crippen LogP contribution is 2.12. The fourth-order valence-electron chi connectivity index (χ4n) is 0.667. The van der Waals surface area contributed by atoms with E-state index in [1.165, 1.54) is 0 Å². The number of aromatic amines is 1. The van der Waals surface area contributed by atoms with Gasteiger partial charge in [0.15, 0.2) is 0 Å². The van der Waals surface area contributed by atoms with Crippen LogP contribution in [0.4, 0.5) is 11.5 Å². The summed E-state index contributed by atoms with van der Waals surface area (Å²) in [5.41, 5.74) is 0.406. The summed E-state index contributed by atoms with van der Waals surface area (Å²) >= 11 is 0. The Morgan fingerprint density at radius 2 is 2.42 bits per heavy atom. The van der Waals surface area contributed by atoms with E-state index in [9.17, 15) is 14.9 Å². The number of H-pyrrole nitrogens is 1. The zero-order valence-corrected chi connectivity index (χ0v) is 5.77. The molecule has 0 spiro atoms. The topological polar surface area (TPSA) is 127 Å². The standard InChI is InChI=1S/C4H5N5O3/c5-8-3-2(9(11)12)4(10)7-1-6-3/h1H,5H2,(H2,6,7,8,10). The molecule has 0 aromatic carbocycles. The van der Waals surface area contributed by atoms with Crippen LogP contribution in [-0.4, -0.2) is 14.9 Å². The quantitative estimate of drug-likeness (QED) is 0.296. The number of hydrazine groups is 1. The molecule has 0 aliphatic rings. The van der Waals surface area contributed by atoms with E-state index in [0.717, 1.165) is 6.33 Å². The highest BCUT2D eigenvalue weighted by Gasteiger charge is 2.18. The predicted molar refractivity (Wildman–Crippen MR) is 39.3 cm³/mol. The summed E-state index contributed by atoms with van der Waals surface area (Å²) in [4.78, 5) is 25.7. The molecule has 0 fully saturated rings. The van der Waals surface area contributed by atoms with Crippen LogP contribution in [0.5, 0.6) is 0 Å². The van der Waals surface area contributed by atoms with Crippen molar-refractivity contribution in [1.29, 1.82) is 0 Å². The molecule has 1 heterocycles. The predicted octanol–water partition coefficient (Wildman–Crippen LogP) is -1.04. The minimum Gasteiger partial charge on any atom is -0.307 e. The van der Waals surface area contributed by atoms with E-state index in [-0.39, 0.29) is 5.82 Å². The first-order chi connectivity index (χ1) is 5.66. The molecule has 12 heavy (non-hydrogen) atoms. The molecule has 8 heteroatoms. The van der Waals surface area contributed by atoms with E-state index in [1.54, 1.807) is 0 Å². The second-order valence-corrected chi connectivity index (χ2v) is 1.83. The summed E-state index contributed by atoms with van der Waals surface area (Å²) in [7, 11) is 0. The van der Waals surface area contributed by atoms with Gasteiger partial charge in [0, 0.05) is 0 Å². The lowest BCUT2D eigenvalue weighted by Gasteiger charge is -1.96. The normalized spacial score (nSPS) is 9.42. The molecule has 1 aromatic heterocycles. The van der Waals surface area contributed by atoms with Gasteiger partial charge in [0.2, 0.25) is 5.82 Å². The summed E-state index contributed by atoms with van der Waals surface area (Å²) in [6.45, 7) is 0. The van der Waals surface area contributed by atoms with Crippen molar-refractivity contribution in [2.75, 3.05) is 5.43 Å². The van der Waals surface area contributed by atoms with E-state index in [4.69, 9.17) is 5.84 Å². The average Bonchev–Trinajstić information content (AvgIpc) is 2.03. The first-order valence-electron chi connectivity index (χ1n) is 2.85. The molecular weight excluding hydrogens is 166 g/mol. The van der Waals surface area contributed by atoms with E-state index >= 15 is 0 Å². The van der Waals surface area contributed by atoms with Crippen LogP contribution in [0.3, 0.4) is 0 Å². The third-order valence-electron chi connectivity index (χ3n) is 1.15. The number of anilines is 1. The molecule has 0 unspecified atom stereocenters. The molecule has 0 atom stereocenters. The number of hydrogen-bond acceptors (Lipinski definition) is 6. The lowest BCUT2D eigenvalue weighted by atomic mass is 10.5. The third kappa shape index (κ3) is 1.22. The fourth-order valence-corrected chi connectivity index (χ4v) is 0.667. The van der Waals surface area contributed by atoms with Crippen LogP contribution in [-0.2, 0) is 0 Å². The number of nitro groups is 1. The van der Waals surface area contributed by atoms with Crippen molar-refractivity contribution in [3.8, 4) is 0 Å². The Morgan fingerprint density at radius 1 is 1.75 bits per heavy atom. The Bertz CT molecular complexity index is 358. The summed E-state index contributed by atoms with van der Waals surface area (Å²) in [6, 6.07) is 0. The van der Waals surface area contributed by atoms with Crippen molar-refractivity contribution in [1.82, 2.24) is 9.97 Å². The molecule has 64 valence electrons. The van der Waals surface area contributed by atoms with Crippen molar-refractivity contribution in [3.63, 3.8) is 0 Å². The number of hydrogen-bond donors (Lipinski definition) is 3. The van der Waals surface area contributed by atoms with Gasteiger partial charge in [-0.05, 0) is 0 Å². The Morgan fingerprint density at radius 3 is 2.83 bits per heavy atom. The molecule has 0 saturated carbocycles. The van der Waals surface area contributed by atoms with Gasteiger partial charge >= 0.3 is 11.2 Å². The fraction of sp³-hybridized carbons (Fsp3) is 0. The van der Waals surface area contributed by atoms with Crippen LogP contribution in [0.2, 0.25) is 0 Å². The summed E-state index contributed by atoms with van der Waals surface area (Å²) in [6.07, 6.45) is 1.02.